The normalized spacial score (nSPS) is 16.2. The molecule has 0 aliphatic carbocycles. The van der Waals surface area contributed by atoms with Gasteiger partial charge in [0.25, 0.3) is 0 Å². The molecule has 1 unspecified atom stereocenters. The van der Waals surface area contributed by atoms with Crippen LogP contribution in [0.25, 0.3) is 10.6 Å². The predicted molar refractivity (Wildman–Crippen MR) is 105 cm³/mol. The van der Waals surface area contributed by atoms with Gasteiger partial charge in [-0.05, 0) is 26.0 Å². The van der Waals surface area contributed by atoms with Crippen molar-refractivity contribution >= 4 is 34.2 Å². The molecule has 0 spiro atoms. The summed E-state index contributed by atoms with van der Waals surface area (Å²) in [6, 6.07) is 5.35. The highest BCUT2D eigenvalue weighted by molar-refractivity contribution is 7.19. The maximum atomic E-state index is 12.0. The van der Waals surface area contributed by atoms with Crippen LogP contribution in [0.1, 0.15) is 12.6 Å². The number of carbonyl (C=O) groups is 1. The summed E-state index contributed by atoms with van der Waals surface area (Å²) in [5, 5.41) is 3.73. The lowest BCUT2D eigenvalue weighted by Crippen LogP contribution is -2.30. The summed E-state index contributed by atoms with van der Waals surface area (Å²) >= 11 is 1.40. The fourth-order valence-electron chi connectivity index (χ4n) is 2.75. The monoisotopic (exact) mass is 398 g/mol. The first-order valence-electron chi connectivity index (χ1n) is 8.59. The summed E-state index contributed by atoms with van der Waals surface area (Å²) < 4.78 is 10.1. The van der Waals surface area contributed by atoms with Crippen molar-refractivity contribution in [2.45, 2.75) is 19.9 Å². The second-order valence-electron chi connectivity index (χ2n) is 6.19. The average Bonchev–Trinajstić information content (AvgIpc) is 3.24. The van der Waals surface area contributed by atoms with Crippen molar-refractivity contribution in [1.29, 1.82) is 0 Å². The molecule has 1 aliphatic rings. The summed E-state index contributed by atoms with van der Waals surface area (Å²) in [5.74, 6) is 0.968. The Bertz CT molecular complexity index is 1010. The first-order chi connectivity index (χ1) is 13.5. The van der Waals surface area contributed by atoms with E-state index in [1.807, 2.05) is 26.0 Å². The molecule has 0 saturated carbocycles. The molecule has 1 atom stereocenters. The van der Waals surface area contributed by atoms with Gasteiger partial charge in [0.2, 0.25) is 11.8 Å². The molecular weight excluding hydrogens is 380 g/mol. The van der Waals surface area contributed by atoms with Crippen LogP contribution in [0.15, 0.2) is 30.6 Å². The number of cyclic esters (lactones) is 1. The molecule has 4 rings (SSSR count). The number of carbonyl (C=O) groups excluding carboxylic acids is 1. The van der Waals surface area contributed by atoms with E-state index >= 15 is 0 Å². The van der Waals surface area contributed by atoms with E-state index in [0.717, 1.165) is 22.0 Å². The fraction of sp³-hybridized carbons (Fsp3) is 0.278. The Kier molecular flexibility index (Phi) is 4.78. The highest BCUT2D eigenvalue weighted by atomic mass is 32.1. The Morgan fingerprint density at radius 3 is 2.82 bits per heavy atom. The van der Waals surface area contributed by atoms with Crippen LogP contribution in [0.4, 0.5) is 21.6 Å². The van der Waals surface area contributed by atoms with Gasteiger partial charge in [0, 0.05) is 12.3 Å². The average molecular weight is 398 g/mol. The summed E-state index contributed by atoms with van der Waals surface area (Å²) in [6.07, 6.45) is 2.95. The molecule has 1 fully saturated rings. The number of aromatic nitrogens is 4. The van der Waals surface area contributed by atoms with Gasteiger partial charge < -0.3 is 14.8 Å². The molecule has 0 aromatic carbocycles. The molecule has 1 amide bonds. The number of ether oxygens (including phenoxy) is 2. The molecular formula is C18H18N6O3S. The molecule has 3 aromatic rings. The van der Waals surface area contributed by atoms with Crippen molar-refractivity contribution in [1.82, 2.24) is 19.9 Å². The van der Waals surface area contributed by atoms with E-state index in [-0.39, 0.29) is 12.1 Å². The lowest BCUT2D eigenvalue weighted by atomic mass is 10.3. The highest BCUT2D eigenvalue weighted by Gasteiger charge is 2.33. The maximum Gasteiger partial charge on any atom is 0.416 e. The lowest BCUT2D eigenvalue weighted by molar-refractivity contribution is 0.179. The number of amides is 1. The Balaban J connectivity index is 1.59. The molecule has 9 nitrogen and oxygen atoms in total. The Hall–Kier alpha value is -3.27. The van der Waals surface area contributed by atoms with Gasteiger partial charge in [-0.15, -0.1) is 0 Å². The van der Waals surface area contributed by atoms with E-state index in [2.05, 4.69) is 25.3 Å². The van der Waals surface area contributed by atoms with E-state index < -0.39 is 0 Å². The minimum Gasteiger partial charge on any atom is -0.481 e. The van der Waals surface area contributed by atoms with Crippen molar-refractivity contribution in [2.75, 3.05) is 23.9 Å². The second-order valence-corrected chi connectivity index (χ2v) is 7.16. The Morgan fingerprint density at radius 2 is 2.14 bits per heavy atom. The van der Waals surface area contributed by atoms with E-state index in [9.17, 15) is 4.79 Å². The first-order valence-corrected chi connectivity index (χ1v) is 9.40. The van der Waals surface area contributed by atoms with Crippen LogP contribution in [0, 0.1) is 6.92 Å². The van der Waals surface area contributed by atoms with Crippen LogP contribution < -0.4 is 15.0 Å². The van der Waals surface area contributed by atoms with E-state index in [4.69, 9.17) is 9.47 Å². The van der Waals surface area contributed by atoms with E-state index in [1.165, 1.54) is 11.3 Å². The highest BCUT2D eigenvalue weighted by Crippen LogP contribution is 2.36. The zero-order valence-electron chi connectivity index (χ0n) is 15.5. The number of nitrogens with zero attached hydrogens (tertiary/aromatic N) is 5. The zero-order valence-corrected chi connectivity index (χ0v) is 16.4. The van der Waals surface area contributed by atoms with Crippen molar-refractivity contribution in [2.24, 2.45) is 0 Å². The van der Waals surface area contributed by atoms with Gasteiger partial charge in [-0.25, -0.2) is 29.6 Å². The Labute approximate surface area is 165 Å². The smallest absolute Gasteiger partial charge is 0.416 e. The fourth-order valence-corrected chi connectivity index (χ4v) is 3.88. The molecule has 1 saturated heterocycles. The number of methoxy groups -OCH3 is 1. The number of nitrogens with one attached hydrogen (secondary N) is 1. The van der Waals surface area contributed by atoms with Gasteiger partial charge >= 0.3 is 6.09 Å². The van der Waals surface area contributed by atoms with Gasteiger partial charge in [0.15, 0.2) is 5.13 Å². The minimum atomic E-state index is -0.371. The van der Waals surface area contributed by atoms with Crippen molar-refractivity contribution in [3.05, 3.63) is 36.3 Å². The largest absolute Gasteiger partial charge is 0.481 e. The van der Waals surface area contributed by atoms with Crippen LogP contribution in [-0.4, -0.2) is 45.8 Å². The summed E-state index contributed by atoms with van der Waals surface area (Å²) in [6.45, 7) is 4.19. The summed E-state index contributed by atoms with van der Waals surface area (Å²) in [7, 11) is 1.57. The molecule has 144 valence electrons. The first kappa shape index (κ1) is 18.1. The Morgan fingerprint density at radius 1 is 1.29 bits per heavy atom. The van der Waals surface area contributed by atoms with Crippen LogP contribution in [0.3, 0.4) is 0 Å². The number of pyridine rings is 1. The molecule has 1 N–H and O–H groups in total. The van der Waals surface area contributed by atoms with Gasteiger partial charge in [-0.2, -0.15) is 0 Å². The summed E-state index contributed by atoms with van der Waals surface area (Å²) in [4.78, 5) is 31.9. The van der Waals surface area contributed by atoms with Gasteiger partial charge in [-0.3, -0.25) is 0 Å². The van der Waals surface area contributed by atoms with Gasteiger partial charge in [-0.1, -0.05) is 11.3 Å². The van der Waals surface area contributed by atoms with E-state index in [0.29, 0.717) is 23.6 Å². The molecule has 0 radical (unpaired) electrons. The third kappa shape index (κ3) is 3.46. The number of hydrogen-bond acceptors (Lipinski definition) is 9. The molecule has 3 aromatic heterocycles. The molecule has 10 heteroatoms. The topological polar surface area (TPSA) is 102 Å². The third-order valence-corrected chi connectivity index (χ3v) is 5.35. The van der Waals surface area contributed by atoms with Crippen LogP contribution in [0.5, 0.6) is 5.88 Å². The van der Waals surface area contributed by atoms with Gasteiger partial charge in [0.1, 0.15) is 6.61 Å². The SMILES string of the molecule is COc1ccc(Nc2nccc(-c3sc(N4C(=O)OCC4C)nc3C)n2)cn1. The predicted octanol–water partition coefficient (Wildman–Crippen LogP) is 3.40. The second kappa shape index (κ2) is 7.39. The molecule has 28 heavy (non-hydrogen) atoms. The van der Waals surface area contributed by atoms with Crippen molar-refractivity contribution in [3.8, 4) is 16.5 Å². The number of hydrogen-bond donors (Lipinski definition) is 1. The third-order valence-electron chi connectivity index (χ3n) is 4.17. The standard InChI is InChI=1S/C18H18N6O3S/c1-10-9-27-18(25)24(10)17-21-11(2)15(28-17)13-6-7-19-16(23-13)22-12-4-5-14(26-3)20-8-12/h4-8,10H,9H2,1-3H3,(H,19,22,23). The number of thiazole rings is 1. The number of aryl methyl sites for hydroxylation is 1. The van der Waals surface area contributed by atoms with Crippen LogP contribution in [-0.2, 0) is 4.74 Å². The lowest BCUT2D eigenvalue weighted by Gasteiger charge is -2.13. The van der Waals surface area contributed by atoms with Crippen LogP contribution >= 0.6 is 11.3 Å². The van der Waals surface area contributed by atoms with E-state index in [1.54, 1.807) is 30.5 Å². The zero-order chi connectivity index (χ0) is 19.7. The molecule has 1 aliphatic heterocycles. The molecule has 4 heterocycles. The molecule has 0 bridgehead atoms. The minimum absolute atomic E-state index is 0.0453. The number of anilines is 3. The maximum absolute atomic E-state index is 12.0. The van der Waals surface area contributed by atoms with Crippen molar-refractivity contribution < 1.29 is 14.3 Å². The number of rotatable bonds is 5. The quantitative estimate of drug-likeness (QED) is 0.698. The summed E-state index contributed by atoms with van der Waals surface area (Å²) in [5.41, 5.74) is 2.26. The van der Waals surface area contributed by atoms with Crippen LogP contribution in [0.2, 0.25) is 0 Å². The van der Waals surface area contributed by atoms with Gasteiger partial charge in [0.05, 0.1) is 41.3 Å². The van der Waals surface area contributed by atoms with Crippen molar-refractivity contribution in [3.63, 3.8) is 0 Å².